The molecule has 0 bridgehead atoms. The molecule has 3 rings (SSSR count). The van der Waals surface area contributed by atoms with Crippen molar-refractivity contribution in [2.75, 3.05) is 20.6 Å². The van der Waals surface area contributed by atoms with Crippen LogP contribution in [0, 0.1) is 0 Å². The van der Waals surface area contributed by atoms with E-state index in [1.54, 1.807) is 7.05 Å². The molecule has 0 spiro atoms. The maximum absolute atomic E-state index is 7.45. The van der Waals surface area contributed by atoms with Gasteiger partial charge in [-0.1, -0.05) is 48.5 Å². The van der Waals surface area contributed by atoms with E-state index in [1.165, 1.54) is 4.90 Å². The second-order valence-corrected chi connectivity index (χ2v) is 5.27. The molecule has 1 aliphatic rings. The predicted octanol–water partition coefficient (Wildman–Crippen LogP) is 4.38. The van der Waals surface area contributed by atoms with Gasteiger partial charge in [0.1, 0.15) is 12.4 Å². The van der Waals surface area contributed by atoms with Gasteiger partial charge in [-0.15, -0.1) is 12.4 Å². The molecule has 0 radical (unpaired) electrons. The van der Waals surface area contributed by atoms with Crippen LogP contribution < -0.4 is 4.74 Å². The minimum atomic E-state index is -2.05. The summed E-state index contributed by atoms with van der Waals surface area (Å²) in [4.78, 5) is 1.40. The van der Waals surface area contributed by atoms with Crippen LogP contribution in [0.3, 0.4) is 0 Å². The van der Waals surface area contributed by atoms with Crippen LogP contribution in [0.15, 0.2) is 54.6 Å². The summed E-state index contributed by atoms with van der Waals surface area (Å²) < 4.78 is 28.3. The highest BCUT2D eigenvalue weighted by Crippen LogP contribution is 2.36. The van der Waals surface area contributed by atoms with Crippen molar-refractivity contribution in [2.24, 2.45) is 0 Å². The normalized spacial score (nSPS) is 17.2. The van der Waals surface area contributed by atoms with Crippen LogP contribution >= 0.6 is 12.4 Å². The zero-order valence-electron chi connectivity index (χ0n) is 15.6. The third-order valence-corrected chi connectivity index (χ3v) is 3.68. The summed E-state index contributed by atoms with van der Waals surface area (Å²) in [5.74, 6) is 0.865. The van der Waals surface area contributed by atoms with Gasteiger partial charge in [0.05, 0.1) is 0 Å². The third-order valence-electron chi connectivity index (χ3n) is 3.68. The van der Waals surface area contributed by atoms with E-state index in [0.29, 0.717) is 19.6 Å². The van der Waals surface area contributed by atoms with E-state index in [9.17, 15) is 0 Å². The molecule has 22 heavy (non-hydrogen) atoms. The molecule has 2 aromatic rings. The van der Waals surface area contributed by atoms with Gasteiger partial charge < -0.3 is 9.64 Å². The Kier molecular flexibility index (Phi) is 4.33. The van der Waals surface area contributed by atoms with E-state index in [0.717, 1.165) is 28.0 Å². The Hall–Kier alpha value is -1.77. The monoisotopic (exact) mass is 318 g/mol. The number of hydrogen-bond acceptors (Lipinski definition) is 2. The first-order chi connectivity index (χ1) is 11.5. The smallest absolute Gasteiger partial charge is 0.127 e. The second kappa shape index (κ2) is 7.48. The Morgan fingerprint density at radius 2 is 1.86 bits per heavy atom. The van der Waals surface area contributed by atoms with Crippen molar-refractivity contribution in [1.29, 1.82) is 0 Å². The van der Waals surface area contributed by atoms with Crippen LogP contribution in [0.2, 0.25) is 0 Å². The minimum absolute atomic E-state index is 0. The number of para-hydroxylation sites is 1. The first-order valence-electron chi connectivity index (χ1n) is 8.69. The van der Waals surface area contributed by atoms with Gasteiger partial charge in [-0.25, -0.2) is 0 Å². The molecule has 1 heterocycles. The number of hydrogen-bond donors (Lipinski definition) is 0. The maximum Gasteiger partial charge on any atom is 0.127 e. The van der Waals surface area contributed by atoms with Crippen molar-refractivity contribution in [3.8, 4) is 5.75 Å². The molecule has 2 nitrogen and oxygen atoms in total. The fraction of sp³-hybridized carbons (Fsp3) is 0.263. The fourth-order valence-electron chi connectivity index (χ4n) is 2.65. The lowest BCUT2D eigenvalue weighted by Crippen LogP contribution is -2.12. The van der Waals surface area contributed by atoms with Gasteiger partial charge in [0, 0.05) is 16.2 Å². The number of rotatable bonds is 3. The molecule has 0 saturated heterocycles. The summed E-state index contributed by atoms with van der Waals surface area (Å²) in [5, 5.41) is 0. The highest BCUT2D eigenvalue weighted by atomic mass is 35.5. The van der Waals surface area contributed by atoms with Crippen molar-refractivity contribution < 1.29 is 8.85 Å². The Morgan fingerprint density at radius 1 is 1.14 bits per heavy atom. The Labute approximate surface area is 143 Å². The largest absolute Gasteiger partial charge is 0.488 e. The lowest BCUT2D eigenvalue weighted by Gasteiger charge is -2.12. The highest BCUT2D eigenvalue weighted by molar-refractivity contribution is 5.85. The quantitative estimate of drug-likeness (QED) is 0.832. The molecule has 1 aliphatic heterocycles. The Morgan fingerprint density at radius 3 is 2.68 bits per heavy atom. The standard InChI is InChI=1S/C19H21NO.ClH/c1-20(2)13-7-11-17-16-9-4-3-8-15(16)14-21-19-12-6-5-10-18(17)19;/h3-6,8-12H,7,13-14H2,1-2H3;1H/i1D3;. The van der Waals surface area contributed by atoms with Crippen molar-refractivity contribution >= 4 is 18.0 Å². The van der Waals surface area contributed by atoms with Crippen molar-refractivity contribution in [1.82, 2.24) is 4.90 Å². The summed E-state index contributed by atoms with van der Waals surface area (Å²) >= 11 is 0. The third kappa shape index (κ3) is 3.52. The van der Waals surface area contributed by atoms with Crippen molar-refractivity contribution in [2.45, 2.75) is 13.0 Å². The van der Waals surface area contributed by atoms with Crippen LogP contribution in [-0.4, -0.2) is 25.5 Å². The maximum atomic E-state index is 7.45. The molecule has 0 N–H and O–H groups in total. The highest BCUT2D eigenvalue weighted by Gasteiger charge is 2.17. The van der Waals surface area contributed by atoms with Gasteiger partial charge >= 0.3 is 0 Å². The lowest BCUT2D eigenvalue weighted by atomic mass is 9.93. The molecule has 2 aromatic carbocycles. The average molecular weight is 319 g/mol. The fourth-order valence-corrected chi connectivity index (χ4v) is 2.65. The summed E-state index contributed by atoms with van der Waals surface area (Å²) in [6.45, 7) is -1.04. The molecule has 0 fully saturated rings. The molecule has 0 saturated carbocycles. The summed E-state index contributed by atoms with van der Waals surface area (Å²) in [6.07, 6.45) is 2.78. The number of halogens is 1. The average Bonchev–Trinajstić information content (AvgIpc) is 2.72. The number of ether oxygens (including phenoxy) is 1. The predicted molar refractivity (Wildman–Crippen MR) is 94.7 cm³/mol. The van der Waals surface area contributed by atoms with Crippen LogP contribution in [0.4, 0.5) is 0 Å². The van der Waals surface area contributed by atoms with Gasteiger partial charge in [-0.05, 0) is 43.2 Å². The topological polar surface area (TPSA) is 12.5 Å². The molecule has 0 aliphatic carbocycles. The van der Waals surface area contributed by atoms with Gasteiger partial charge in [0.25, 0.3) is 0 Å². The van der Waals surface area contributed by atoms with Gasteiger partial charge in [-0.2, -0.15) is 0 Å². The summed E-state index contributed by atoms with van der Waals surface area (Å²) in [7, 11) is 1.63. The van der Waals surface area contributed by atoms with Gasteiger partial charge in [0.15, 0.2) is 0 Å². The first kappa shape index (κ1) is 12.7. The van der Waals surface area contributed by atoms with Crippen LogP contribution in [0.25, 0.3) is 5.57 Å². The zero-order valence-corrected chi connectivity index (χ0v) is 13.4. The van der Waals surface area contributed by atoms with E-state index in [2.05, 4.69) is 24.3 Å². The van der Waals surface area contributed by atoms with Crippen LogP contribution in [0.5, 0.6) is 5.75 Å². The van der Waals surface area contributed by atoms with E-state index in [1.807, 2.05) is 30.3 Å². The van der Waals surface area contributed by atoms with E-state index in [4.69, 9.17) is 8.85 Å². The first-order valence-corrected chi connectivity index (χ1v) is 7.19. The molecule has 0 amide bonds. The number of fused-ring (bicyclic) bond motifs is 2. The minimum Gasteiger partial charge on any atom is -0.488 e. The van der Waals surface area contributed by atoms with E-state index >= 15 is 0 Å². The van der Waals surface area contributed by atoms with Crippen LogP contribution in [-0.2, 0) is 6.61 Å². The van der Waals surface area contributed by atoms with Crippen molar-refractivity contribution in [3.63, 3.8) is 0 Å². The molecular formula is C19H22ClNO. The van der Waals surface area contributed by atoms with Crippen molar-refractivity contribution in [3.05, 3.63) is 71.3 Å². The van der Waals surface area contributed by atoms with Gasteiger partial charge in [-0.3, -0.25) is 0 Å². The van der Waals surface area contributed by atoms with E-state index < -0.39 is 6.98 Å². The van der Waals surface area contributed by atoms with E-state index in [-0.39, 0.29) is 12.4 Å². The van der Waals surface area contributed by atoms with Crippen LogP contribution in [0.1, 0.15) is 27.2 Å². The second-order valence-electron chi connectivity index (χ2n) is 5.27. The number of nitrogens with zero attached hydrogens (tertiary/aromatic N) is 1. The van der Waals surface area contributed by atoms with Gasteiger partial charge in [0.2, 0.25) is 0 Å². The molecule has 0 atom stereocenters. The molecule has 0 aromatic heterocycles. The molecule has 116 valence electrons. The summed E-state index contributed by atoms with van der Waals surface area (Å²) in [6, 6.07) is 16.2. The summed E-state index contributed by atoms with van der Waals surface area (Å²) in [5.41, 5.74) is 4.46. The molecular weight excluding hydrogens is 294 g/mol. The lowest BCUT2D eigenvalue weighted by molar-refractivity contribution is 0.307. The number of benzene rings is 2. The SMILES string of the molecule is Cl.[2H]C([2H])([2H])N(C)CCC=C1c2ccccc2COc2ccccc21. The Bertz CT molecular complexity index is 709. The Balaban J connectivity index is 0.00000225. The molecule has 0 unspecified atom stereocenters. The molecule has 3 heteroatoms. The zero-order chi connectivity index (χ0) is 17.2.